The van der Waals surface area contributed by atoms with Gasteiger partial charge in [-0.25, -0.2) is 0 Å². The second kappa shape index (κ2) is 9.09. The smallest absolute Gasteiger partial charge is 0.231 e. The Hall–Kier alpha value is -4.00. The van der Waals surface area contributed by atoms with E-state index in [1.54, 1.807) is 18.2 Å². The summed E-state index contributed by atoms with van der Waals surface area (Å²) in [7, 11) is 0. The van der Waals surface area contributed by atoms with Gasteiger partial charge < -0.3 is 10.4 Å². The summed E-state index contributed by atoms with van der Waals surface area (Å²) in [4.78, 5) is 24.6. The number of hydrogen-bond acceptors (Lipinski definition) is 5. The molecule has 34 heavy (non-hydrogen) atoms. The number of fused-ring (bicyclic) bond motifs is 1. The van der Waals surface area contributed by atoms with Gasteiger partial charge in [0.2, 0.25) is 5.91 Å². The molecule has 0 fully saturated rings. The molecule has 0 aliphatic rings. The molecular formula is C27H28N4O3. The Kier molecular flexibility index (Phi) is 6.20. The summed E-state index contributed by atoms with van der Waals surface area (Å²) in [5, 5.41) is 23.0. The van der Waals surface area contributed by atoms with Gasteiger partial charge in [-0.3, -0.25) is 9.59 Å². The van der Waals surface area contributed by atoms with E-state index in [2.05, 4.69) is 36.3 Å². The van der Waals surface area contributed by atoms with E-state index < -0.39 is 0 Å². The van der Waals surface area contributed by atoms with E-state index in [0.717, 1.165) is 16.7 Å². The number of hydrogen-bond donors (Lipinski definition) is 2. The summed E-state index contributed by atoms with van der Waals surface area (Å²) in [6.45, 7) is 7.74. The van der Waals surface area contributed by atoms with Crippen molar-refractivity contribution in [3.8, 4) is 11.4 Å². The average molecular weight is 457 g/mol. The molecule has 2 N–H and O–H groups in total. The molecule has 0 saturated heterocycles. The minimum Gasteiger partial charge on any atom is -0.505 e. The topological polar surface area (TPSA) is 97.1 Å². The fraction of sp³-hybridized carbons (Fsp3) is 0.259. The van der Waals surface area contributed by atoms with Gasteiger partial charge in [-0.1, -0.05) is 57.2 Å². The molecule has 7 nitrogen and oxygen atoms in total. The molecule has 7 heteroatoms. The largest absolute Gasteiger partial charge is 0.505 e. The van der Waals surface area contributed by atoms with Crippen LogP contribution in [0.1, 0.15) is 50.8 Å². The van der Waals surface area contributed by atoms with E-state index in [1.165, 1.54) is 11.7 Å². The van der Waals surface area contributed by atoms with Gasteiger partial charge in [0, 0.05) is 17.7 Å². The minimum atomic E-state index is -0.375. The summed E-state index contributed by atoms with van der Waals surface area (Å²) < 4.78 is 0. The molecule has 0 saturated carbocycles. The highest BCUT2D eigenvalue weighted by molar-refractivity contribution is 6.04. The lowest BCUT2D eigenvalue weighted by atomic mass is 9.85. The highest BCUT2D eigenvalue weighted by Crippen LogP contribution is 2.34. The van der Waals surface area contributed by atoms with Gasteiger partial charge in [-0.15, -0.1) is 15.0 Å². The quantitative estimate of drug-likeness (QED) is 0.401. The van der Waals surface area contributed by atoms with Crippen LogP contribution in [0.2, 0.25) is 0 Å². The number of carbonyl (C=O) groups is 2. The van der Waals surface area contributed by atoms with Crippen LogP contribution >= 0.6 is 0 Å². The van der Waals surface area contributed by atoms with Crippen LogP contribution in [-0.4, -0.2) is 31.8 Å². The van der Waals surface area contributed by atoms with Crippen molar-refractivity contribution in [2.75, 3.05) is 5.32 Å². The third-order valence-electron chi connectivity index (χ3n) is 5.56. The van der Waals surface area contributed by atoms with Gasteiger partial charge in [-0.05, 0) is 47.7 Å². The van der Waals surface area contributed by atoms with Crippen molar-refractivity contribution in [1.82, 2.24) is 15.0 Å². The van der Waals surface area contributed by atoms with Gasteiger partial charge >= 0.3 is 0 Å². The summed E-state index contributed by atoms with van der Waals surface area (Å²) in [5.41, 5.74) is 5.02. The first kappa shape index (κ1) is 23.2. The monoisotopic (exact) mass is 456 g/mol. The van der Waals surface area contributed by atoms with Gasteiger partial charge in [0.05, 0.1) is 6.42 Å². The maximum absolute atomic E-state index is 11.9. The van der Waals surface area contributed by atoms with Gasteiger partial charge in [0.15, 0.2) is 0 Å². The Labute approximate surface area is 198 Å². The number of aromatic nitrogens is 3. The molecule has 0 bridgehead atoms. The minimum absolute atomic E-state index is 0.132. The molecule has 4 rings (SSSR count). The zero-order chi connectivity index (χ0) is 24.5. The number of nitrogens with zero attached hydrogens (tertiary/aromatic N) is 3. The third-order valence-corrected chi connectivity index (χ3v) is 5.56. The fourth-order valence-electron chi connectivity index (χ4n) is 3.75. The number of ketones is 1. The van der Waals surface area contributed by atoms with E-state index in [4.69, 9.17) is 0 Å². The Balaban J connectivity index is 1.75. The number of nitrogens with one attached hydrogen (secondary N) is 1. The normalized spacial score (nSPS) is 11.5. The first-order valence-corrected chi connectivity index (χ1v) is 11.2. The van der Waals surface area contributed by atoms with Crippen LogP contribution in [0.3, 0.4) is 0 Å². The van der Waals surface area contributed by atoms with Crippen LogP contribution in [-0.2, 0) is 21.4 Å². The number of carbonyl (C=O) groups excluding carboxylic acids is 2. The maximum Gasteiger partial charge on any atom is 0.231 e. The molecule has 174 valence electrons. The second-order valence-corrected chi connectivity index (χ2v) is 9.54. The number of benzene rings is 3. The van der Waals surface area contributed by atoms with Gasteiger partial charge in [0.1, 0.15) is 28.3 Å². The highest BCUT2D eigenvalue weighted by Gasteiger charge is 2.21. The Morgan fingerprint density at radius 1 is 0.971 bits per heavy atom. The Morgan fingerprint density at radius 2 is 1.68 bits per heavy atom. The van der Waals surface area contributed by atoms with Crippen LogP contribution in [0.4, 0.5) is 5.69 Å². The lowest BCUT2D eigenvalue weighted by Crippen LogP contribution is -2.14. The first-order chi connectivity index (χ1) is 16.1. The zero-order valence-corrected chi connectivity index (χ0v) is 19.8. The molecule has 0 spiro atoms. The predicted octanol–water partition coefficient (Wildman–Crippen LogP) is 4.93. The lowest BCUT2D eigenvalue weighted by molar-refractivity contribution is -0.124. The standard InChI is InChI=1S/C27H28N4O3/c1-17(32)12-25(33)28-21-10-11-22-23(16-21)30-31(29-22)24-15-20(27(2,3)4)14-19(26(24)34)13-18-8-6-5-7-9-18/h5-11,14-16,34H,12-13H2,1-4H3,(H,28,33). The van der Waals surface area contributed by atoms with Crippen LogP contribution in [0.5, 0.6) is 5.75 Å². The van der Waals surface area contributed by atoms with Crippen LogP contribution in [0.15, 0.2) is 60.7 Å². The number of aromatic hydroxyl groups is 1. The van der Waals surface area contributed by atoms with Crippen LogP contribution in [0.25, 0.3) is 16.7 Å². The molecule has 0 unspecified atom stereocenters. The third kappa shape index (κ3) is 5.14. The summed E-state index contributed by atoms with van der Waals surface area (Å²) in [6.07, 6.45) is 0.402. The molecule has 0 aliphatic heterocycles. The number of amides is 1. The lowest BCUT2D eigenvalue weighted by Gasteiger charge is -2.22. The molecule has 4 aromatic rings. The van der Waals surface area contributed by atoms with Crippen molar-refractivity contribution in [1.29, 1.82) is 0 Å². The Morgan fingerprint density at radius 3 is 2.35 bits per heavy atom. The van der Waals surface area contributed by atoms with Crippen LogP contribution < -0.4 is 5.32 Å². The number of phenolic OH excluding ortho intramolecular Hbond substituents is 1. The van der Waals surface area contributed by atoms with E-state index >= 15 is 0 Å². The average Bonchev–Trinajstić information content (AvgIpc) is 3.17. The number of anilines is 1. The molecule has 3 aromatic carbocycles. The van der Waals surface area contributed by atoms with Crippen molar-refractivity contribution in [3.63, 3.8) is 0 Å². The highest BCUT2D eigenvalue weighted by atomic mass is 16.3. The van der Waals surface area contributed by atoms with Crippen molar-refractivity contribution >= 4 is 28.4 Å². The predicted molar refractivity (Wildman–Crippen MR) is 132 cm³/mol. The molecule has 1 aromatic heterocycles. The van der Waals surface area contributed by atoms with Crippen molar-refractivity contribution < 1.29 is 14.7 Å². The fourth-order valence-corrected chi connectivity index (χ4v) is 3.75. The molecule has 1 amide bonds. The molecule has 0 radical (unpaired) electrons. The van der Waals surface area contributed by atoms with Crippen LogP contribution in [0, 0.1) is 0 Å². The van der Waals surface area contributed by atoms with E-state index in [0.29, 0.717) is 28.8 Å². The summed E-state index contributed by atoms with van der Waals surface area (Å²) >= 11 is 0. The number of Topliss-reactive ketones (excluding diaryl/α,β-unsaturated/α-hetero) is 1. The van der Waals surface area contributed by atoms with E-state index in [-0.39, 0.29) is 29.3 Å². The number of rotatable bonds is 6. The summed E-state index contributed by atoms with van der Waals surface area (Å²) in [5.74, 6) is -0.447. The molecule has 0 aliphatic carbocycles. The first-order valence-electron chi connectivity index (χ1n) is 11.2. The molecule has 0 atom stereocenters. The van der Waals surface area contributed by atoms with E-state index in [9.17, 15) is 14.7 Å². The van der Waals surface area contributed by atoms with E-state index in [1.807, 2.05) is 42.5 Å². The second-order valence-electron chi connectivity index (χ2n) is 9.54. The molecular weight excluding hydrogens is 428 g/mol. The van der Waals surface area contributed by atoms with Crippen molar-refractivity contribution in [2.24, 2.45) is 0 Å². The number of phenols is 1. The maximum atomic E-state index is 11.9. The van der Waals surface area contributed by atoms with Gasteiger partial charge in [-0.2, -0.15) is 0 Å². The van der Waals surface area contributed by atoms with Crippen molar-refractivity contribution in [2.45, 2.75) is 46.0 Å². The summed E-state index contributed by atoms with van der Waals surface area (Å²) in [6, 6.07) is 19.1. The molecule has 1 heterocycles. The zero-order valence-electron chi connectivity index (χ0n) is 19.8. The van der Waals surface area contributed by atoms with Crippen molar-refractivity contribution in [3.05, 3.63) is 77.4 Å². The SMILES string of the molecule is CC(=O)CC(=O)Nc1ccc2nn(-c3cc(C(C)(C)C)cc(Cc4ccccc4)c3O)nc2c1. The van der Waals surface area contributed by atoms with Gasteiger partial charge in [0.25, 0.3) is 0 Å². The Bertz CT molecular complexity index is 1370.